The maximum Gasteiger partial charge on any atom is 0.328 e. The van der Waals surface area contributed by atoms with E-state index in [1.165, 1.54) is 11.1 Å². The highest BCUT2D eigenvalue weighted by Crippen LogP contribution is 2.38. The van der Waals surface area contributed by atoms with Crippen LogP contribution < -0.4 is 15.7 Å². The van der Waals surface area contributed by atoms with Crippen molar-refractivity contribution < 1.29 is 23.5 Å². The second kappa shape index (κ2) is 9.56. The normalized spacial score (nSPS) is 14.6. The van der Waals surface area contributed by atoms with Crippen molar-refractivity contribution in [2.75, 3.05) is 16.8 Å². The minimum absolute atomic E-state index is 0.185. The Morgan fingerprint density at radius 2 is 2.00 bits per heavy atom. The van der Waals surface area contributed by atoms with Gasteiger partial charge in [0.1, 0.15) is 24.2 Å². The van der Waals surface area contributed by atoms with Gasteiger partial charge in [-0.25, -0.2) is 18.6 Å². The fourth-order valence-electron chi connectivity index (χ4n) is 3.32. The van der Waals surface area contributed by atoms with Gasteiger partial charge in [0, 0.05) is 12.6 Å². The molecule has 1 heterocycles. The van der Waals surface area contributed by atoms with Crippen LogP contribution in [-0.2, 0) is 4.79 Å². The summed E-state index contributed by atoms with van der Waals surface area (Å²) in [4.78, 5) is 29.6. The van der Waals surface area contributed by atoms with E-state index in [1.54, 1.807) is 13.8 Å². The molecule has 2 aromatic rings. The summed E-state index contributed by atoms with van der Waals surface area (Å²) in [6, 6.07) is 1.15. The number of benzene rings is 1. The van der Waals surface area contributed by atoms with Gasteiger partial charge in [-0.2, -0.15) is 0 Å². The van der Waals surface area contributed by atoms with Gasteiger partial charge in [-0.3, -0.25) is 15.0 Å². The number of carbonyl (C=O) groups excluding carboxylic acids is 1. The number of rotatable bonds is 7. The Kier molecular flexibility index (Phi) is 7.26. The van der Waals surface area contributed by atoms with Gasteiger partial charge in [0.15, 0.2) is 5.13 Å². The summed E-state index contributed by atoms with van der Waals surface area (Å²) in [7, 11) is 5.44. The number of aromatic nitrogens is 1. The van der Waals surface area contributed by atoms with Crippen LogP contribution in [0.15, 0.2) is 22.5 Å². The van der Waals surface area contributed by atoms with Crippen LogP contribution in [0.3, 0.4) is 0 Å². The molecule has 1 aliphatic carbocycles. The Morgan fingerprint density at radius 1 is 1.32 bits per heavy atom. The number of nitrogens with zero attached hydrogens (tertiary/aromatic N) is 2. The van der Waals surface area contributed by atoms with Gasteiger partial charge in [0.25, 0.3) is 0 Å². The molecule has 31 heavy (non-hydrogen) atoms. The standard InChI is InChI=1S/C20H22BF2N3O3S2/c1-20(2,17(27)28)31-16-9-24-18(30-16)25-19(29)26(10-11-5-3-4-6-11)15-8-13(22)12(21)7-14(15)23/h7-9,11H,3-6,10H2,1-2H3,(H,27,28)(H,24,25,29). The predicted octanol–water partition coefficient (Wildman–Crippen LogP) is 4.40. The van der Waals surface area contributed by atoms with Gasteiger partial charge in [0.05, 0.1) is 16.1 Å². The lowest BCUT2D eigenvalue weighted by molar-refractivity contribution is -0.138. The van der Waals surface area contributed by atoms with E-state index in [9.17, 15) is 23.5 Å². The Bertz CT molecular complexity index is 981. The zero-order chi connectivity index (χ0) is 22.8. The number of urea groups is 1. The number of carboxylic acid groups (broad SMARTS) is 1. The van der Waals surface area contributed by atoms with Crippen molar-refractivity contribution in [2.24, 2.45) is 5.92 Å². The first kappa shape index (κ1) is 23.5. The van der Waals surface area contributed by atoms with Gasteiger partial charge < -0.3 is 5.11 Å². The van der Waals surface area contributed by atoms with Crippen LogP contribution in [0.2, 0.25) is 0 Å². The third kappa shape index (κ3) is 5.76. The van der Waals surface area contributed by atoms with Gasteiger partial charge in [-0.1, -0.05) is 41.4 Å². The predicted molar refractivity (Wildman–Crippen MR) is 120 cm³/mol. The molecule has 0 saturated heterocycles. The van der Waals surface area contributed by atoms with E-state index >= 15 is 0 Å². The number of aliphatic carboxylic acids is 1. The van der Waals surface area contributed by atoms with E-state index < -0.39 is 28.4 Å². The molecule has 2 amide bonds. The highest BCUT2D eigenvalue weighted by Gasteiger charge is 2.30. The number of halogens is 2. The van der Waals surface area contributed by atoms with E-state index in [4.69, 9.17) is 7.85 Å². The number of carbonyl (C=O) groups is 2. The Balaban J connectivity index is 1.81. The largest absolute Gasteiger partial charge is 0.480 e. The van der Waals surface area contributed by atoms with Crippen molar-refractivity contribution in [3.63, 3.8) is 0 Å². The van der Waals surface area contributed by atoms with Crippen molar-refractivity contribution in [2.45, 2.75) is 48.5 Å². The van der Waals surface area contributed by atoms with Gasteiger partial charge in [-0.15, -0.1) is 0 Å². The second-order valence-corrected chi connectivity index (χ2v) is 10.9. The average molecular weight is 465 g/mol. The lowest BCUT2D eigenvalue weighted by Gasteiger charge is -2.26. The minimum Gasteiger partial charge on any atom is -0.480 e. The third-order valence-electron chi connectivity index (χ3n) is 5.09. The van der Waals surface area contributed by atoms with Crippen molar-refractivity contribution in [1.29, 1.82) is 0 Å². The summed E-state index contributed by atoms with van der Waals surface area (Å²) in [5, 5.41) is 12.1. The van der Waals surface area contributed by atoms with E-state index in [0.29, 0.717) is 4.21 Å². The number of thiazole rings is 1. The summed E-state index contributed by atoms with van der Waals surface area (Å²) < 4.78 is 28.2. The molecule has 0 atom stereocenters. The average Bonchev–Trinajstić information content (AvgIpc) is 3.34. The van der Waals surface area contributed by atoms with E-state index in [-0.39, 0.29) is 28.7 Å². The molecule has 164 valence electrons. The molecule has 3 rings (SSSR count). The first-order valence-corrected chi connectivity index (χ1v) is 11.4. The summed E-state index contributed by atoms with van der Waals surface area (Å²) in [5.41, 5.74) is -0.514. The maximum atomic E-state index is 14.6. The van der Waals surface area contributed by atoms with Gasteiger partial charge >= 0.3 is 12.0 Å². The van der Waals surface area contributed by atoms with Gasteiger partial charge in [-0.05, 0) is 38.7 Å². The number of anilines is 2. The fourth-order valence-corrected chi connectivity index (χ4v) is 5.58. The van der Waals surface area contributed by atoms with Crippen LogP contribution in [-0.4, -0.2) is 41.2 Å². The summed E-state index contributed by atoms with van der Waals surface area (Å²) in [6.07, 6.45) is 5.35. The molecule has 1 fully saturated rings. The monoisotopic (exact) mass is 465 g/mol. The highest BCUT2D eigenvalue weighted by molar-refractivity contribution is 8.03. The summed E-state index contributed by atoms with van der Waals surface area (Å²) in [6.45, 7) is 3.38. The maximum absolute atomic E-state index is 14.6. The molecule has 0 aliphatic heterocycles. The number of hydrogen-bond acceptors (Lipinski definition) is 5. The van der Waals surface area contributed by atoms with Crippen LogP contribution >= 0.6 is 23.1 Å². The quantitative estimate of drug-likeness (QED) is 0.468. The first-order valence-electron chi connectivity index (χ1n) is 9.78. The lowest BCUT2D eigenvalue weighted by atomic mass is 9.95. The highest BCUT2D eigenvalue weighted by atomic mass is 32.2. The SMILES string of the molecule is [B]c1cc(F)c(N(CC2CCCC2)C(=O)Nc2ncc(SC(C)(C)C(=O)O)s2)cc1F. The number of hydrogen-bond donors (Lipinski definition) is 2. The molecular weight excluding hydrogens is 443 g/mol. The van der Waals surface area contributed by atoms with Crippen molar-refractivity contribution in [3.05, 3.63) is 30.0 Å². The molecule has 6 nitrogen and oxygen atoms in total. The van der Waals surface area contributed by atoms with Crippen molar-refractivity contribution in [1.82, 2.24) is 4.98 Å². The van der Waals surface area contributed by atoms with E-state index in [0.717, 1.165) is 60.9 Å². The molecule has 11 heteroatoms. The molecule has 0 bridgehead atoms. The van der Waals surface area contributed by atoms with Crippen molar-refractivity contribution >= 4 is 59.2 Å². The Hall–Kier alpha value is -2.14. The van der Waals surface area contributed by atoms with Gasteiger partial charge in [0.2, 0.25) is 0 Å². The molecule has 2 N–H and O–H groups in total. The number of thioether (sulfide) groups is 1. The zero-order valence-electron chi connectivity index (χ0n) is 17.2. The lowest BCUT2D eigenvalue weighted by Crippen LogP contribution is -2.39. The molecule has 2 radical (unpaired) electrons. The minimum atomic E-state index is -1.06. The number of carboxylic acids is 1. The summed E-state index contributed by atoms with van der Waals surface area (Å²) in [5.74, 6) is -2.38. The smallest absolute Gasteiger partial charge is 0.328 e. The zero-order valence-corrected chi connectivity index (χ0v) is 18.8. The fraction of sp³-hybridized carbons (Fsp3) is 0.450. The van der Waals surface area contributed by atoms with Crippen LogP contribution in [0.4, 0.5) is 24.4 Å². The molecule has 0 spiro atoms. The molecule has 1 aromatic carbocycles. The number of nitrogens with one attached hydrogen (secondary N) is 1. The Labute approximate surface area is 188 Å². The third-order valence-corrected chi connectivity index (χ3v) is 7.29. The van der Waals surface area contributed by atoms with E-state index in [1.807, 2.05) is 0 Å². The van der Waals surface area contributed by atoms with Crippen molar-refractivity contribution in [3.8, 4) is 0 Å². The van der Waals surface area contributed by atoms with Crippen LogP contribution in [0.5, 0.6) is 0 Å². The Morgan fingerprint density at radius 3 is 2.65 bits per heavy atom. The molecule has 1 aliphatic rings. The number of amides is 2. The molecular formula is C20H22BF2N3O3S2. The molecule has 1 saturated carbocycles. The van der Waals surface area contributed by atoms with Crippen LogP contribution in [0.1, 0.15) is 39.5 Å². The molecule has 1 aromatic heterocycles. The first-order chi connectivity index (χ1) is 14.6. The second-order valence-electron chi connectivity index (χ2n) is 7.92. The van der Waals surface area contributed by atoms with Crippen LogP contribution in [0, 0.1) is 17.6 Å². The van der Waals surface area contributed by atoms with E-state index in [2.05, 4.69) is 10.3 Å². The summed E-state index contributed by atoms with van der Waals surface area (Å²) >= 11 is 2.22. The van der Waals surface area contributed by atoms with Crippen LogP contribution in [0.25, 0.3) is 0 Å². The topological polar surface area (TPSA) is 82.5 Å². The molecule has 0 unspecified atom stereocenters.